The summed E-state index contributed by atoms with van der Waals surface area (Å²) in [6, 6.07) is 1.23. The van der Waals surface area contributed by atoms with Crippen LogP contribution in [-0.4, -0.2) is 20.1 Å². The Kier molecular flexibility index (Phi) is 1.94. The molecule has 2 nitrogen and oxygen atoms in total. The SMILES string of the molecule is C=C1C2(C[Si](C)(C)C)C[C@@H]3OC(=O)[C@]24CCCCC134. The number of ether oxygens (including phenoxy) is 1. The van der Waals surface area contributed by atoms with E-state index in [-0.39, 0.29) is 28.3 Å². The molecule has 0 amide bonds. The Morgan fingerprint density at radius 3 is 2.68 bits per heavy atom. The van der Waals surface area contributed by atoms with Gasteiger partial charge < -0.3 is 4.74 Å². The van der Waals surface area contributed by atoms with Gasteiger partial charge in [0.05, 0.1) is 5.41 Å². The van der Waals surface area contributed by atoms with Gasteiger partial charge in [0.25, 0.3) is 0 Å². The van der Waals surface area contributed by atoms with Crippen molar-refractivity contribution >= 4 is 14.0 Å². The minimum Gasteiger partial charge on any atom is -0.461 e. The molecule has 5 rings (SSSR count). The van der Waals surface area contributed by atoms with Crippen LogP contribution in [0, 0.1) is 16.2 Å². The first-order valence-corrected chi connectivity index (χ1v) is 11.4. The predicted octanol–water partition coefficient (Wildman–Crippen LogP) is 3.76. The van der Waals surface area contributed by atoms with E-state index < -0.39 is 8.07 Å². The minimum atomic E-state index is -1.22. The van der Waals surface area contributed by atoms with Crippen molar-refractivity contribution < 1.29 is 9.53 Å². The Morgan fingerprint density at radius 2 is 2.00 bits per heavy atom. The first kappa shape index (κ1) is 12.2. The number of hydrogen-bond acceptors (Lipinski definition) is 2. The van der Waals surface area contributed by atoms with Crippen LogP contribution >= 0.6 is 0 Å². The summed E-state index contributed by atoms with van der Waals surface area (Å²) >= 11 is 0. The van der Waals surface area contributed by atoms with Crippen LogP contribution in [0.3, 0.4) is 0 Å². The van der Waals surface area contributed by atoms with Crippen molar-refractivity contribution in [3.8, 4) is 0 Å². The molecule has 1 heterocycles. The van der Waals surface area contributed by atoms with Gasteiger partial charge in [0.2, 0.25) is 0 Å². The molecule has 3 heteroatoms. The smallest absolute Gasteiger partial charge is 0.314 e. The lowest BCUT2D eigenvalue weighted by Gasteiger charge is -2.65. The number of esters is 1. The quantitative estimate of drug-likeness (QED) is 0.436. The standard InChI is InChI=1S/C16H24O2Si/c1-11-14(10-19(2,3)4)9-12-15(11)7-5-6-8-16(14,15)13(17)18-12/h12H,1,5-10H2,2-4H3/t12-,14?,15?,16+/m0/s1. The van der Waals surface area contributed by atoms with Crippen LogP contribution in [0.25, 0.3) is 0 Å². The Morgan fingerprint density at radius 1 is 1.32 bits per heavy atom. The number of hydrogen-bond donors (Lipinski definition) is 0. The second-order valence-electron chi connectivity index (χ2n) is 8.48. The third-order valence-electron chi connectivity index (χ3n) is 6.58. The molecule has 1 saturated heterocycles. The highest BCUT2D eigenvalue weighted by Crippen LogP contribution is 2.89. The summed E-state index contributed by atoms with van der Waals surface area (Å²) in [5.74, 6) is 0.133. The van der Waals surface area contributed by atoms with E-state index in [0.29, 0.717) is 0 Å². The Labute approximate surface area is 116 Å². The minimum absolute atomic E-state index is 0.0575. The molecule has 0 aromatic heterocycles. The van der Waals surface area contributed by atoms with Gasteiger partial charge in [-0.05, 0) is 25.3 Å². The van der Waals surface area contributed by atoms with Crippen LogP contribution in [0.1, 0.15) is 32.1 Å². The second kappa shape index (κ2) is 3.03. The number of rotatable bonds is 2. The van der Waals surface area contributed by atoms with Gasteiger partial charge in [-0.1, -0.05) is 44.6 Å². The number of carbonyl (C=O) groups is 1. The summed E-state index contributed by atoms with van der Waals surface area (Å²) in [6.07, 6.45) is 5.91. The van der Waals surface area contributed by atoms with Crippen molar-refractivity contribution in [3.05, 3.63) is 12.2 Å². The average molecular weight is 276 g/mol. The highest BCUT2D eigenvalue weighted by atomic mass is 28.3. The molecule has 4 bridgehead atoms. The molecule has 0 radical (unpaired) electrons. The summed E-state index contributed by atoms with van der Waals surface area (Å²) in [6.45, 7) is 11.7. The fourth-order valence-electron chi connectivity index (χ4n) is 6.43. The Hall–Kier alpha value is -0.573. The molecule has 0 aromatic carbocycles. The van der Waals surface area contributed by atoms with E-state index in [0.717, 1.165) is 19.3 Å². The normalized spacial score (nSPS) is 50.8. The average Bonchev–Trinajstić information content (AvgIpc) is 2.78. The molecular formula is C16H24O2Si. The molecule has 1 spiro atoms. The van der Waals surface area contributed by atoms with E-state index in [2.05, 4.69) is 26.2 Å². The second-order valence-corrected chi connectivity index (χ2v) is 14.0. The van der Waals surface area contributed by atoms with Gasteiger partial charge >= 0.3 is 5.97 Å². The first-order valence-electron chi connectivity index (χ1n) is 7.71. The van der Waals surface area contributed by atoms with Crippen LogP contribution in [0.4, 0.5) is 0 Å². The molecule has 2 unspecified atom stereocenters. The van der Waals surface area contributed by atoms with Gasteiger partial charge in [-0.3, -0.25) is 4.79 Å². The van der Waals surface area contributed by atoms with Gasteiger partial charge in [-0.25, -0.2) is 0 Å². The summed E-state index contributed by atoms with van der Waals surface area (Å²) in [7, 11) is -1.22. The lowest BCUT2D eigenvalue weighted by molar-refractivity contribution is -0.171. The summed E-state index contributed by atoms with van der Waals surface area (Å²) in [5, 5.41) is 0. The third kappa shape index (κ3) is 0.969. The zero-order valence-electron chi connectivity index (χ0n) is 12.3. The Bertz CT molecular complexity index is 505. The van der Waals surface area contributed by atoms with Gasteiger partial charge in [0.1, 0.15) is 6.10 Å². The topological polar surface area (TPSA) is 26.3 Å². The van der Waals surface area contributed by atoms with Gasteiger partial charge in [-0.2, -0.15) is 0 Å². The maximum Gasteiger partial charge on any atom is 0.314 e. The molecular weight excluding hydrogens is 252 g/mol. The molecule has 4 saturated carbocycles. The third-order valence-corrected chi connectivity index (χ3v) is 8.25. The molecule has 104 valence electrons. The highest BCUT2D eigenvalue weighted by Gasteiger charge is 2.91. The zero-order chi connectivity index (χ0) is 13.7. The summed E-state index contributed by atoms with van der Waals surface area (Å²) < 4.78 is 5.77. The molecule has 1 aliphatic heterocycles. The maximum absolute atomic E-state index is 12.6. The number of carbonyl (C=O) groups excluding carboxylic acids is 1. The van der Waals surface area contributed by atoms with Crippen LogP contribution in [-0.2, 0) is 9.53 Å². The van der Waals surface area contributed by atoms with E-state index in [9.17, 15) is 4.79 Å². The maximum atomic E-state index is 12.6. The van der Waals surface area contributed by atoms with E-state index >= 15 is 0 Å². The van der Waals surface area contributed by atoms with Gasteiger partial charge in [-0.15, -0.1) is 0 Å². The van der Waals surface area contributed by atoms with Crippen LogP contribution in [0.5, 0.6) is 0 Å². The largest absolute Gasteiger partial charge is 0.461 e. The van der Waals surface area contributed by atoms with E-state index in [1.165, 1.54) is 24.5 Å². The first-order chi connectivity index (χ1) is 8.80. The van der Waals surface area contributed by atoms with Crippen molar-refractivity contribution in [1.82, 2.24) is 0 Å². The summed E-state index contributed by atoms with van der Waals surface area (Å²) in [4.78, 5) is 12.6. The van der Waals surface area contributed by atoms with Crippen molar-refractivity contribution in [2.75, 3.05) is 0 Å². The van der Waals surface area contributed by atoms with Crippen LogP contribution in [0.2, 0.25) is 25.7 Å². The van der Waals surface area contributed by atoms with E-state index in [1.54, 1.807) is 0 Å². The van der Waals surface area contributed by atoms with Gasteiger partial charge in [0.15, 0.2) is 0 Å². The lowest BCUT2D eigenvalue weighted by atomic mass is 9.36. The molecule has 4 aliphatic carbocycles. The van der Waals surface area contributed by atoms with Gasteiger partial charge in [0, 0.05) is 18.9 Å². The van der Waals surface area contributed by atoms with E-state index in [4.69, 9.17) is 4.74 Å². The monoisotopic (exact) mass is 276 g/mol. The fraction of sp³-hybridized carbons (Fsp3) is 0.812. The van der Waals surface area contributed by atoms with Crippen molar-refractivity contribution in [3.63, 3.8) is 0 Å². The highest BCUT2D eigenvalue weighted by molar-refractivity contribution is 6.76. The van der Waals surface area contributed by atoms with E-state index in [1.807, 2.05) is 0 Å². The molecule has 19 heavy (non-hydrogen) atoms. The molecule has 4 atom stereocenters. The Balaban J connectivity index is 1.87. The predicted molar refractivity (Wildman–Crippen MR) is 77.6 cm³/mol. The molecule has 5 fully saturated rings. The molecule has 0 N–H and O–H groups in total. The van der Waals surface area contributed by atoms with Crippen molar-refractivity contribution in [2.24, 2.45) is 16.2 Å². The zero-order valence-corrected chi connectivity index (χ0v) is 13.3. The molecule has 0 aromatic rings. The van der Waals surface area contributed by atoms with Crippen molar-refractivity contribution in [1.29, 1.82) is 0 Å². The lowest BCUT2D eigenvalue weighted by Crippen LogP contribution is -2.66. The van der Waals surface area contributed by atoms with Crippen LogP contribution in [0.15, 0.2) is 12.2 Å². The summed E-state index contributed by atoms with van der Waals surface area (Å²) in [5.41, 5.74) is 1.43. The van der Waals surface area contributed by atoms with Crippen LogP contribution < -0.4 is 0 Å². The fourth-order valence-corrected chi connectivity index (χ4v) is 8.90. The molecule has 5 aliphatic rings. The van der Waals surface area contributed by atoms with Crippen molar-refractivity contribution in [2.45, 2.75) is 63.9 Å².